The van der Waals surface area contributed by atoms with E-state index in [0.717, 1.165) is 32.6 Å². The second-order valence-corrected chi connectivity index (χ2v) is 5.71. The van der Waals surface area contributed by atoms with Crippen molar-refractivity contribution >= 4 is 21.7 Å². The number of benzene rings is 1. The topological polar surface area (TPSA) is 56.7 Å². The standard InChI is InChI=1S/C16H15BrN4/c1-10-11(6-5-7-12(10)17)15-14(16(18)21(2)20-15)13-8-3-4-9-19-13/h3-9H,18H2,1-2H3. The van der Waals surface area contributed by atoms with Crippen molar-refractivity contribution in [1.82, 2.24) is 14.8 Å². The number of nitrogens with two attached hydrogens (primary N) is 1. The van der Waals surface area contributed by atoms with Crippen LogP contribution in [0.5, 0.6) is 0 Å². The van der Waals surface area contributed by atoms with Gasteiger partial charge < -0.3 is 5.73 Å². The summed E-state index contributed by atoms with van der Waals surface area (Å²) < 4.78 is 2.75. The van der Waals surface area contributed by atoms with Crippen LogP contribution in [0.25, 0.3) is 22.5 Å². The highest BCUT2D eigenvalue weighted by molar-refractivity contribution is 9.10. The Kier molecular flexibility index (Phi) is 3.51. The van der Waals surface area contributed by atoms with E-state index in [1.54, 1.807) is 10.9 Å². The van der Waals surface area contributed by atoms with E-state index in [1.807, 2.05) is 43.4 Å². The first-order chi connectivity index (χ1) is 10.1. The largest absolute Gasteiger partial charge is 0.383 e. The second kappa shape index (κ2) is 5.33. The van der Waals surface area contributed by atoms with Crippen LogP contribution in [-0.4, -0.2) is 14.8 Å². The highest BCUT2D eigenvalue weighted by Crippen LogP contribution is 2.37. The zero-order valence-electron chi connectivity index (χ0n) is 11.8. The monoisotopic (exact) mass is 342 g/mol. The summed E-state index contributed by atoms with van der Waals surface area (Å²) in [6, 6.07) is 11.9. The Hall–Kier alpha value is -2.14. The number of nitrogen functional groups attached to an aromatic ring is 1. The molecule has 5 heteroatoms. The molecule has 0 unspecified atom stereocenters. The maximum atomic E-state index is 6.21. The normalized spacial score (nSPS) is 10.8. The minimum atomic E-state index is 0.614. The molecule has 2 aromatic heterocycles. The first kappa shape index (κ1) is 13.8. The Labute approximate surface area is 131 Å². The average molecular weight is 343 g/mol. The fourth-order valence-corrected chi connectivity index (χ4v) is 2.72. The van der Waals surface area contributed by atoms with Gasteiger partial charge in [0.25, 0.3) is 0 Å². The Balaban J connectivity index is 2.30. The molecule has 0 atom stereocenters. The number of hydrogen-bond acceptors (Lipinski definition) is 3. The molecule has 1 aromatic carbocycles. The molecule has 0 aliphatic rings. The van der Waals surface area contributed by atoms with Gasteiger partial charge >= 0.3 is 0 Å². The summed E-state index contributed by atoms with van der Waals surface area (Å²) in [6.07, 6.45) is 1.76. The average Bonchev–Trinajstić information content (AvgIpc) is 2.78. The van der Waals surface area contributed by atoms with Gasteiger partial charge in [0.1, 0.15) is 11.5 Å². The third kappa shape index (κ3) is 2.34. The molecule has 106 valence electrons. The Morgan fingerprint density at radius 3 is 2.67 bits per heavy atom. The van der Waals surface area contributed by atoms with E-state index >= 15 is 0 Å². The number of nitrogens with zero attached hydrogens (tertiary/aromatic N) is 3. The zero-order chi connectivity index (χ0) is 15.0. The predicted octanol–water partition coefficient (Wildman–Crippen LogP) is 3.80. The van der Waals surface area contributed by atoms with Gasteiger partial charge in [0.05, 0.1) is 11.3 Å². The first-order valence-corrected chi connectivity index (χ1v) is 7.38. The Morgan fingerprint density at radius 1 is 1.14 bits per heavy atom. The molecule has 0 bridgehead atoms. The molecule has 3 aromatic rings. The van der Waals surface area contributed by atoms with Crippen molar-refractivity contribution in [3.05, 3.63) is 52.6 Å². The highest BCUT2D eigenvalue weighted by Gasteiger charge is 2.19. The van der Waals surface area contributed by atoms with Gasteiger partial charge in [-0.2, -0.15) is 5.10 Å². The molecule has 3 rings (SSSR count). The van der Waals surface area contributed by atoms with Gasteiger partial charge in [0, 0.05) is 23.3 Å². The molecule has 0 radical (unpaired) electrons. The fourth-order valence-electron chi connectivity index (χ4n) is 2.35. The van der Waals surface area contributed by atoms with Crippen molar-refractivity contribution < 1.29 is 0 Å². The van der Waals surface area contributed by atoms with E-state index in [1.165, 1.54) is 0 Å². The van der Waals surface area contributed by atoms with Gasteiger partial charge in [-0.1, -0.05) is 34.1 Å². The number of pyridine rings is 1. The summed E-state index contributed by atoms with van der Waals surface area (Å²) >= 11 is 3.57. The van der Waals surface area contributed by atoms with E-state index in [4.69, 9.17) is 5.73 Å². The summed E-state index contributed by atoms with van der Waals surface area (Å²) in [5.41, 5.74) is 11.0. The van der Waals surface area contributed by atoms with Gasteiger partial charge in [0.15, 0.2) is 0 Å². The van der Waals surface area contributed by atoms with Crippen LogP contribution in [0.3, 0.4) is 0 Å². The maximum Gasteiger partial charge on any atom is 0.131 e. The van der Waals surface area contributed by atoms with E-state index in [-0.39, 0.29) is 0 Å². The predicted molar refractivity (Wildman–Crippen MR) is 88.7 cm³/mol. The minimum absolute atomic E-state index is 0.614. The molecule has 2 N–H and O–H groups in total. The summed E-state index contributed by atoms with van der Waals surface area (Å²) in [4.78, 5) is 4.42. The summed E-state index contributed by atoms with van der Waals surface area (Å²) in [5.74, 6) is 0.614. The molecule has 21 heavy (non-hydrogen) atoms. The Morgan fingerprint density at radius 2 is 1.95 bits per heavy atom. The Bertz CT molecular complexity index is 794. The number of rotatable bonds is 2. The molecule has 0 aliphatic carbocycles. The van der Waals surface area contributed by atoms with Crippen LogP contribution in [0.2, 0.25) is 0 Å². The molecule has 0 spiro atoms. The lowest BCUT2D eigenvalue weighted by Gasteiger charge is -2.07. The number of hydrogen-bond donors (Lipinski definition) is 1. The molecule has 0 saturated carbocycles. The van der Waals surface area contributed by atoms with Gasteiger partial charge in [-0.05, 0) is 30.7 Å². The van der Waals surface area contributed by atoms with Gasteiger partial charge in [-0.3, -0.25) is 9.67 Å². The van der Waals surface area contributed by atoms with Crippen molar-refractivity contribution in [2.75, 3.05) is 5.73 Å². The smallest absolute Gasteiger partial charge is 0.131 e. The third-order valence-corrected chi connectivity index (χ3v) is 4.39. The van der Waals surface area contributed by atoms with Crippen molar-refractivity contribution in [3.8, 4) is 22.5 Å². The lowest BCUT2D eigenvalue weighted by atomic mass is 10.0. The van der Waals surface area contributed by atoms with Gasteiger partial charge in [0.2, 0.25) is 0 Å². The van der Waals surface area contributed by atoms with Crippen molar-refractivity contribution in [3.63, 3.8) is 0 Å². The number of aromatic nitrogens is 3. The molecular weight excluding hydrogens is 328 g/mol. The van der Waals surface area contributed by atoms with Crippen molar-refractivity contribution in [2.24, 2.45) is 7.05 Å². The SMILES string of the molecule is Cc1c(Br)cccc1-c1nn(C)c(N)c1-c1ccccn1. The minimum Gasteiger partial charge on any atom is -0.383 e. The van der Waals surface area contributed by atoms with Crippen LogP contribution in [0.15, 0.2) is 47.1 Å². The van der Waals surface area contributed by atoms with Gasteiger partial charge in [-0.25, -0.2) is 0 Å². The zero-order valence-corrected chi connectivity index (χ0v) is 13.4. The molecule has 0 amide bonds. The number of aryl methyl sites for hydroxylation is 1. The molecule has 0 fully saturated rings. The molecule has 0 saturated heterocycles. The quantitative estimate of drug-likeness (QED) is 0.770. The van der Waals surface area contributed by atoms with Crippen molar-refractivity contribution in [2.45, 2.75) is 6.92 Å². The van der Waals surface area contributed by atoms with Crippen LogP contribution in [-0.2, 0) is 7.05 Å². The second-order valence-electron chi connectivity index (χ2n) is 4.86. The van der Waals surface area contributed by atoms with Crippen LogP contribution >= 0.6 is 15.9 Å². The van der Waals surface area contributed by atoms with Crippen LogP contribution in [0.4, 0.5) is 5.82 Å². The van der Waals surface area contributed by atoms with Crippen LogP contribution in [0, 0.1) is 6.92 Å². The van der Waals surface area contributed by atoms with E-state index in [0.29, 0.717) is 5.82 Å². The highest BCUT2D eigenvalue weighted by atomic mass is 79.9. The van der Waals surface area contributed by atoms with Crippen LogP contribution < -0.4 is 5.73 Å². The molecule has 0 aliphatic heterocycles. The van der Waals surface area contributed by atoms with Gasteiger partial charge in [-0.15, -0.1) is 0 Å². The van der Waals surface area contributed by atoms with E-state index in [2.05, 4.69) is 32.9 Å². The number of anilines is 1. The lowest BCUT2D eigenvalue weighted by Crippen LogP contribution is -1.98. The van der Waals surface area contributed by atoms with E-state index in [9.17, 15) is 0 Å². The fraction of sp³-hybridized carbons (Fsp3) is 0.125. The maximum absolute atomic E-state index is 6.21. The van der Waals surface area contributed by atoms with Crippen LogP contribution in [0.1, 0.15) is 5.56 Å². The summed E-state index contributed by atoms with van der Waals surface area (Å²) in [7, 11) is 1.85. The number of halogens is 1. The third-order valence-electron chi connectivity index (χ3n) is 3.54. The molecular formula is C16H15BrN4. The summed E-state index contributed by atoms with van der Waals surface area (Å²) in [6.45, 7) is 2.06. The summed E-state index contributed by atoms with van der Waals surface area (Å²) in [5, 5.41) is 4.59. The first-order valence-electron chi connectivity index (χ1n) is 6.59. The van der Waals surface area contributed by atoms with E-state index < -0.39 is 0 Å². The lowest BCUT2D eigenvalue weighted by molar-refractivity contribution is 0.782. The molecule has 4 nitrogen and oxygen atoms in total. The van der Waals surface area contributed by atoms with Crippen molar-refractivity contribution in [1.29, 1.82) is 0 Å². The molecule has 2 heterocycles.